The number of hydrogen-bond acceptors (Lipinski definition) is 2. The van der Waals surface area contributed by atoms with Gasteiger partial charge in [-0.3, -0.25) is 0 Å². The van der Waals surface area contributed by atoms with E-state index >= 15 is 0 Å². The van der Waals surface area contributed by atoms with Crippen molar-refractivity contribution in [3.8, 4) is 11.5 Å². The molecule has 0 amide bonds. The van der Waals surface area contributed by atoms with Crippen molar-refractivity contribution in [1.82, 2.24) is 0 Å². The Morgan fingerprint density at radius 1 is 1.28 bits per heavy atom. The highest BCUT2D eigenvalue weighted by Gasteiger charge is 2.41. The molecule has 3 unspecified atom stereocenters. The van der Waals surface area contributed by atoms with Crippen molar-refractivity contribution in [3.63, 3.8) is 0 Å². The number of benzene rings is 1. The SMILES string of the molecule is COc1cccc(CCl)c1OC1CC2CCC1C2. The molecule has 0 radical (unpaired) electrons. The van der Waals surface area contributed by atoms with Crippen LogP contribution in [-0.4, -0.2) is 13.2 Å². The molecule has 2 nitrogen and oxygen atoms in total. The third-order valence-electron chi connectivity index (χ3n) is 4.37. The molecule has 0 spiro atoms. The minimum atomic E-state index is 0.363. The smallest absolute Gasteiger partial charge is 0.165 e. The van der Waals surface area contributed by atoms with Crippen LogP contribution < -0.4 is 9.47 Å². The second-order valence-electron chi connectivity index (χ2n) is 5.41. The lowest BCUT2D eigenvalue weighted by Gasteiger charge is -2.25. The largest absolute Gasteiger partial charge is 0.493 e. The standard InChI is InChI=1S/C15H19ClO2/c1-17-13-4-2-3-12(9-16)15(13)18-14-8-10-5-6-11(14)7-10/h2-4,10-11,14H,5-9H2,1H3. The molecule has 2 aliphatic rings. The van der Waals surface area contributed by atoms with Gasteiger partial charge in [-0.05, 0) is 43.6 Å². The van der Waals surface area contributed by atoms with E-state index in [4.69, 9.17) is 21.1 Å². The van der Waals surface area contributed by atoms with Gasteiger partial charge in [0.05, 0.1) is 13.0 Å². The summed E-state index contributed by atoms with van der Waals surface area (Å²) in [6, 6.07) is 5.92. The van der Waals surface area contributed by atoms with Crippen LogP contribution in [0.4, 0.5) is 0 Å². The van der Waals surface area contributed by atoms with E-state index < -0.39 is 0 Å². The average molecular weight is 267 g/mol. The van der Waals surface area contributed by atoms with Crippen LogP contribution in [0.2, 0.25) is 0 Å². The highest BCUT2D eigenvalue weighted by Crippen LogP contribution is 2.47. The molecule has 1 aromatic carbocycles. The Labute approximate surface area is 113 Å². The fourth-order valence-electron chi connectivity index (χ4n) is 3.44. The quantitative estimate of drug-likeness (QED) is 0.767. The minimum absolute atomic E-state index is 0.363. The third kappa shape index (κ3) is 2.07. The highest BCUT2D eigenvalue weighted by molar-refractivity contribution is 6.17. The normalized spacial score (nSPS) is 29.6. The van der Waals surface area contributed by atoms with Gasteiger partial charge in [0.1, 0.15) is 6.10 Å². The fourth-order valence-corrected chi connectivity index (χ4v) is 3.65. The summed E-state index contributed by atoms with van der Waals surface area (Å²) in [5.74, 6) is 3.74. The summed E-state index contributed by atoms with van der Waals surface area (Å²) >= 11 is 5.99. The van der Waals surface area contributed by atoms with Crippen molar-refractivity contribution in [2.45, 2.75) is 37.7 Å². The second kappa shape index (κ2) is 5.00. The van der Waals surface area contributed by atoms with Crippen molar-refractivity contribution in [2.24, 2.45) is 11.8 Å². The lowest BCUT2D eigenvalue weighted by atomic mass is 9.97. The molecule has 3 atom stereocenters. The first-order chi connectivity index (χ1) is 8.81. The number of halogens is 1. The van der Waals surface area contributed by atoms with E-state index in [1.165, 1.54) is 25.7 Å². The molecule has 0 saturated heterocycles. The van der Waals surface area contributed by atoms with Gasteiger partial charge in [-0.25, -0.2) is 0 Å². The topological polar surface area (TPSA) is 18.5 Å². The Morgan fingerprint density at radius 2 is 2.17 bits per heavy atom. The van der Waals surface area contributed by atoms with E-state index in [0.29, 0.717) is 12.0 Å². The lowest BCUT2D eigenvalue weighted by molar-refractivity contribution is 0.132. The summed E-state index contributed by atoms with van der Waals surface area (Å²) in [7, 11) is 1.68. The number of alkyl halides is 1. The Hall–Kier alpha value is -0.890. The van der Waals surface area contributed by atoms with Gasteiger partial charge < -0.3 is 9.47 Å². The van der Waals surface area contributed by atoms with E-state index in [1.807, 2.05) is 18.2 Å². The monoisotopic (exact) mass is 266 g/mol. The summed E-state index contributed by atoms with van der Waals surface area (Å²) in [6.45, 7) is 0. The van der Waals surface area contributed by atoms with E-state index in [2.05, 4.69) is 0 Å². The molecular formula is C15H19ClO2. The molecule has 2 aliphatic carbocycles. The first-order valence-corrected chi connectivity index (χ1v) is 7.23. The zero-order valence-electron chi connectivity index (χ0n) is 10.7. The maximum atomic E-state index is 6.24. The first-order valence-electron chi connectivity index (χ1n) is 6.70. The van der Waals surface area contributed by atoms with Crippen molar-refractivity contribution >= 4 is 11.6 Å². The van der Waals surface area contributed by atoms with Gasteiger partial charge in [0.2, 0.25) is 0 Å². The van der Waals surface area contributed by atoms with Crippen LogP contribution in [0.25, 0.3) is 0 Å². The zero-order chi connectivity index (χ0) is 12.5. The van der Waals surface area contributed by atoms with Crippen LogP contribution in [0.1, 0.15) is 31.2 Å². The number of para-hydroxylation sites is 1. The van der Waals surface area contributed by atoms with Crippen molar-refractivity contribution < 1.29 is 9.47 Å². The maximum Gasteiger partial charge on any atom is 0.165 e. The van der Waals surface area contributed by atoms with Gasteiger partial charge >= 0.3 is 0 Å². The van der Waals surface area contributed by atoms with Gasteiger partial charge in [0.25, 0.3) is 0 Å². The van der Waals surface area contributed by atoms with Crippen LogP contribution >= 0.6 is 11.6 Å². The molecular weight excluding hydrogens is 248 g/mol. The first kappa shape index (κ1) is 12.2. The Balaban J connectivity index is 1.83. The number of fused-ring (bicyclic) bond motifs is 2. The molecule has 2 saturated carbocycles. The summed E-state index contributed by atoms with van der Waals surface area (Å²) < 4.78 is 11.6. The third-order valence-corrected chi connectivity index (χ3v) is 4.65. The summed E-state index contributed by atoms with van der Waals surface area (Å²) in [5, 5.41) is 0. The van der Waals surface area contributed by atoms with E-state index in [9.17, 15) is 0 Å². The number of ether oxygens (including phenoxy) is 2. The number of hydrogen-bond donors (Lipinski definition) is 0. The summed E-state index contributed by atoms with van der Waals surface area (Å²) in [5.41, 5.74) is 1.03. The van der Waals surface area contributed by atoms with Gasteiger partial charge in [-0.15, -0.1) is 11.6 Å². The molecule has 0 aliphatic heterocycles. The zero-order valence-corrected chi connectivity index (χ0v) is 11.5. The lowest BCUT2D eigenvalue weighted by Crippen LogP contribution is -2.24. The van der Waals surface area contributed by atoms with Crippen molar-refractivity contribution in [3.05, 3.63) is 23.8 Å². The molecule has 0 aromatic heterocycles. The Bertz CT molecular complexity index is 410. The molecule has 3 heteroatoms. The van der Waals surface area contributed by atoms with Crippen LogP contribution in [0, 0.1) is 11.8 Å². The molecule has 3 rings (SSSR count). The average Bonchev–Trinajstić information content (AvgIpc) is 3.01. The number of methoxy groups -OCH3 is 1. The Morgan fingerprint density at radius 3 is 2.78 bits per heavy atom. The van der Waals surface area contributed by atoms with Gasteiger partial charge in [-0.2, -0.15) is 0 Å². The fraction of sp³-hybridized carbons (Fsp3) is 0.600. The molecule has 0 N–H and O–H groups in total. The van der Waals surface area contributed by atoms with E-state index in [1.54, 1.807) is 7.11 Å². The van der Waals surface area contributed by atoms with Crippen molar-refractivity contribution in [2.75, 3.05) is 7.11 Å². The second-order valence-corrected chi connectivity index (χ2v) is 5.68. The van der Waals surface area contributed by atoms with Crippen LogP contribution in [0.15, 0.2) is 18.2 Å². The van der Waals surface area contributed by atoms with E-state index in [-0.39, 0.29) is 0 Å². The Kier molecular flexibility index (Phi) is 3.38. The van der Waals surface area contributed by atoms with Crippen molar-refractivity contribution in [1.29, 1.82) is 0 Å². The van der Waals surface area contributed by atoms with Gasteiger partial charge in [0, 0.05) is 5.56 Å². The summed E-state index contributed by atoms with van der Waals surface area (Å²) in [6.07, 6.45) is 5.61. The predicted molar refractivity (Wildman–Crippen MR) is 72.4 cm³/mol. The molecule has 2 bridgehead atoms. The molecule has 1 aromatic rings. The molecule has 18 heavy (non-hydrogen) atoms. The highest BCUT2D eigenvalue weighted by atomic mass is 35.5. The van der Waals surface area contributed by atoms with Gasteiger partial charge in [-0.1, -0.05) is 12.1 Å². The maximum absolute atomic E-state index is 6.24. The summed E-state index contributed by atoms with van der Waals surface area (Å²) in [4.78, 5) is 0. The number of rotatable bonds is 4. The van der Waals surface area contributed by atoms with Crippen LogP contribution in [0.3, 0.4) is 0 Å². The molecule has 0 heterocycles. The molecule has 98 valence electrons. The van der Waals surface area contributed by atoms with Gasteiger partial charge in [0.15, 0.2) is 11.5 Å². The van der Waals surface area contributed by atoms with E-state index in [0.717, 1.165) is 28.9 Å². The predicted octanol–water partition coefficient (Wildman–Crippen LogP) is 4.00. The molecule has 2 fully saturated rings. The van der Waals surface area contributed by atoms with Crippen LogP contribution in [0.5, 0.6) is 11.5 Å². The van der Waals surface area contributed by atoms with Crippen LogP contribution in [-0.2, 0) is 5.88 Å². The minimum Gasteiger partial charge on any atom is -0.493 e.